The van der Waals surface area contributed by atoms with Gasteiger partial charge in [-0.05, 0) is 63.4 Å². The van der Waals surface area contributed by atoms with Gasteiger partial charge in [-0.15, -0.1) is 0 Å². The maximum Gasteiger partial charge on any atom is 0.355 e. The lowest BCUT2D eigenvalue weighted by Crippen LogP contribution is -2.27. The quantitative estimate of drug-likeness (QED) is 0.886. The Morgan fingerprint density at radius 1 is 1.36 bits per heavy atom. The maximum atomic E-state index is 12.5. The van der Waals surface area contributed by atoms with Crippen LogP contribution in [0.15, 0.2) is 18.2 Å². The molecule has 1 aliphatic heterocycles. The van der Waals surface area contributed by atoms with Gasteiger partial charge in [0, 0.05) is 18.0 Å². The molecule has 0 saturated carbocycles. The van der Waals surface area contributed by atoms with Crippen molar-refractivity contribution in [3.05, 3.63) is 35.0 Å². The van der Waals surface area contributed by atoms with Crippen LogP contribution in [-0.2, 0) is 11.8 Å². The van der Waals surface area contributed by atoms with Crippen molar-refractivity contribution >= 4 is 16.9 Å². The SMILES string of the molecule is CCOC(=O)c1c(C2CCNCC2)c2cc(C)ccc2n1C. The number of carbonyl (C=O) groups excluding carboxylic acids is 1. The van der Waals surface area contributed by atoms with E-state index in [0.717, 1.165) is 37.1 Å². The number of esters is 1. The smallest absolute Gasteiger partial charge is 0.355 e. The molecular weight excluding hydrogens is 276 g/mol. The molecule has 0 unspecified atom stereocenters. The third kappa shape index (κ3) is 2.52. The number of nitrogens with zero attached hydrogens (tertiary/aromatic N) is 1. The zero-order valence-corrected chi connectivity index (χ0v) is 13.6. The summed E-state index contributed by atoms with van der Waals surface area (Å²) in [5.74, 6) is 0.221. The first kappa shape index (κ1) is 15.1. The van der Waals surface area contributed by atoms with Crippen LogP contribution in [-0.4, -0.2) is 30.2 Å². The Balaban J connectivity index is 2.21. The molecule has 118 valence electrons. The number of piperidine rings is 1. The number of hydrogen-bond acceptors (Lipinski definition) is 3. The molecule has 0 bridgehead atoms. The van der Waals surface area contributed by atoms with Gasteiger partial charge in [-0.3, -0.25) is 0 Å². The first-order valence-corrected chi connectivity index (χ1v) is 8.10. The summed E-state index contributed by atoms with van der Waals surface area (Å²) >= 11 is 0. The lowest BCUT2D eigenvalue weighted by molar-refractivity contribution is 0.0513. The highest BCUT2D eigenvalue weighted by molar-refractivity contribution is 5.99. The van der Waals surface area contributed by atoms with Crippen molar-refractivity contribution in [1.29, 1.82) is 0 Å². The summed E-state index contributed by atoms with van der Waals surface area (Å²) in [6.45, 7) is 6.38. The van der Waals surface area contributed by atoms with E-state index in [1.165, 1.54) is 16.5 Å². The highest BCUT2D eigenvalue weighted by Crippen LogP contribution is 2.36. The van der Waals surface area contributed by atoms with Gasteiger partial charge >= 0.3 is 5.97 Å². The Bertz CT molecular complexity index is 697. The minimum Gasteiger partial charge on any atom is -0.461 e. The average molecular weight is 300 g/mol. The minimum atomic E-state index is -0.201. The van der Waals surface area contributed by atoms with Crippen LogP contribution in [0.4, 0.5) is 0 Å². The molecule has 3 rings (SSSR count). The summed E-state index contributed by atoms with van der Waals surface area (Å²) < 4.78 is 7.33. The number of nitrogens with one attached hydrogen (secondary N) is 1. The van der Waals surface area contributed by atoms with E-state index in [1.807, 2.05) is 18.5 Å². The largest absolute Gasteiger partial charge is 0.461 e. The second-order valence-electron chi connectivity index (χ2n) is 6.09. The first-order chi connectivity index (χ1) is 10.6. The van der Waals surface area contributed by atoms with Gasteiger partial charge in [0.15, 0.2) is 0 Å². The fourth-order valence-corrected chi connectivity index (χ4v) is 3.56. The summed E-state index contributed by atoms with van der Waals surface area (Å²) in [5, 5.41) is 4.61. The fourth-order valence-electron chi connectivity index (χ4n) is 3.56. The van der Waals surface area contributed by atoms with Crippen molar-refractivity contribution in [3.63, 3.8) is 0 Å². The summed E-state index contributed by atoms with van der Waals surface area (Å²) in [6, 6.07) is 6.41. The Labute approximate surface area is 131 Å². The number of hydrogen-bond donors (Lipinski definition) is 1. The van der Waals surface area contributed by atoms with Gasteiger partial charge in [-0.1, -0.05) is 11.6 Å². The van der Waals surface area contributed by atoms with Gasteiger partial charge in [0.25, 0.3) is 0 Å². The van der Waals surface area contributed by atoms with Gasteiger partial charge < -0.3 is 14.6 Å². The summed E-state index contributed by atoms with van der Waals surface area (Å²) in [4.78, 5) is 12.5. The second-order valence-corrected chi connectivity index (χ2v) is 6.09. The van der Waals surface area contributed by atoms with E-state index < -0.39 is 0 Å². The van der Waals surface area contributed by atoms with Crippen molar-refractivity contribution < 1.29 is 9.53 Å². The molecule has 2 aromatic rings. The Hall–Kier alpha value is -1.81. The van der Waals surface area contributed by atoms with E-state index in [0.29, 0.717) is 12.5 Å². The second kappa shape index (κ2) is 6.13. The van der Waals surface area contributed by atoms with Crippen LogP contribution in [0.25, 0.3) is 10.9 Å². The maximum absolute atomic E-state index is 12.5. The van der Waals surface area contributed by atoms with Crippen LogP contribution in [0.5, 0.6) is 0 Å². The molecule has 1 aliphatic rings. The van der Waals surface area contributed by atoms with Gasteiger partial charge in [-0.25, -0.2) is 4.79 Å². The fraction of sp³-hybridized carbons (Fsp3) is 0.500. The van der Waals surface area contributed by atoms with Crippen molar-refractivity contribution in [1.82, 2.24) is 9.88 Å². The molecule has 0 spiro atoms. The Morgan fingerprint density at radius 3 is 2.77 bits per heavy atom. The molecule has 22 heavy (non-hydrogen) atoms. The number of aryl methyl sites for hydroxylation is 2. The highest BCUT2D eigenvalue weighted by Gasteiger charge is 2.28. The first-order valence-electron chi connectivity index (χ1n) is 8.10. The minimum absolute atomic E-state index is 0.201. The highest BCUT2D eigenvalue weighted by atomic mass is 16.5. The third-order valence-electron chi connectivity index (χ3n) is 4.61. The van der Waals surface area contributed by atoms with Crippen molar-refractivity contribution in [3.8, 4) is 0 Å². The van der Waals surface area contributed by atoms with Crippen LogP contribution in [0.1, 0.15) is 47.3 Å². The van der Waals surface area contributed by atoms with Crippen molar-refractivity contribution in [2.45, 2.75) is 32.6 Å². The molecular formula is C18H24N2O2. The third-order valence-corrected chi connectivity index (χ3v) is 4.61. The van der Waals surface area contributed by atoms with E-state index in [9.17, 15) is 4.79 Å². The van der Waals surface area contributed by atoms with E-state index >= 15 is 0 Å². The standard InChI is InChI=1S/C18H24N2O2/c1-4-22-18(21)17-16(13-7-9-19-10-8-13)14-11-12(2)5-6-15(14)20(17)3/h5-6,11,13,19H,4,7-10H2,1-3H3. The van der Waals surface area contributed by atoms with Crippen LogP contribution >= 0.6 is 0 Å². The Kier molecular flexibility index (Phi) is 4.21. The summed E-state index contributed by atoms with van der Waals surface area (Å²) in [5.41, 5.74) is 4.25. The number of ether oxygens (including phenoxy) is 1. The molecule has 0 amide bonds. The predicted molar refractivity (Wildman–Crippen MR) is 88.5 cm³/mol. The molecule has 0 atom stereocenters. The summed E-state index contributed by atoms with van der Waals surface area (Å²) in [7, 11) is 1.97. The van der Waals surface area contributed by atoms with E-state index in [2.05, 4.69) is 30.4 Å². The molecule has 1 aromatic carbocycles. The van der Waals surface area contributed by atoms with Crippen LogP contribution < -0.4 is 5.32 Å². The molecule has 1 saturated heterocycles. The van der Waals surface area contributed by atoms with E-state index in [1.54, 1.807) is 0 Å². The molecule has 4 heteroatoms. The summed E-state index contributed by atoms with van der Waals surface area (Å²) in [6.07, 6.45) is 2.14. The number of fused-ring (bicyclic) bond motifs is 1. The van der Waals surface area contributed by atoms with Gasteiger partial charge in [0.2, 0.25) is 0 Å². The molecule has 1 N–H and O–H groups in total. The molecule has 2 heterocycles. The molecule has 4 nitrogen and oxygen atoms in total. The molecule has 1 aromatic heterocycles. The van der Waals surface area contributed by atoms with E-state index in [-0.39, 0.29) is 5.97 Å². The predicted octanol–water partition coefficient (Wildman–Crippen LogP) is 3.13. The number of benzene rings is 1. The lowest BCUT2D eigenvalue weighted by atomic mass is 9.87. The van der Waals surface area contributed by atoms with E-state index in [4.69, 9.17) is 4.74 Å². The zero-order valence-electron chi connectivity index (χ0n) is 13.6. The van der Waals surface area contributed by atoms with Gasteiger partial charge in [-0.2, -0.15) is 0 Å². The van der Waals surface area contributed by atoms with Gasteiger partial charge in [0.05, 0.1) is 6.61 Å². The van der Waals surface area contributed by atoms with Crippen LogP contribution in [0.2, 0.25) is 0 Å². The number of carbonyl (C=O) groups is 1. The van der Waals surface area contributed by atoms with Gasteiger partial charge in [0.1, 0.15) is 5.69 Å². The zero-order chi connectivity index (χ0) is 15.7. The Morgan fingerprint density at radius 2 is 2.09 bits per heavy atom. The van der Waals surface area contributed by atoms with Crippen LogP contribution in [0.3, 0.4) is 0 Å². The topological polar surface area (TPSA) is 43.3 Å². The van der Waals surface area contributed by atoms with Crippen molar-refractivity contribution in [2.75, 3.05) is 19.7 Å². The monoisotopic (exact) mass is 300 g/mol. The van der Waals surface area contributed by atoms with Crippen molar-refractivity contribution in [2.24, 2.45) is 7.05 Å². The number of rotatable bonds is 3. The lowest BCUT2D eigenvalue weighted by Gasteiger charge is -2.23. The molecule has 1 fully saturated rings. The van der Waals surface area contributed by atoms with Crippen LogP contribution in [0, 0.1) is 6.92 Å². The molecule has 0 radical (unpaired) electrons. The normalized spacial score (nSPS) is 16.1. The average Bonchev–Trinajstić information content (AvgIpc) is 2.81. The number of aromatic nitrogens is 1. The molecule has 0 aliphatic carbocycles.